The van der Waals surface area contributed by atoms with Crippen LogP contribution in [-0.4, -0.2) is 13.2 Å². The predicted octanol–water partition coefficient (Wildman–Crippen LogP) is 3.43. The van der Waals surface area contributed by atoms with E-state index in [1.165, 1.54) is 16.0 Å². The zero-order valence-corrected chi connectivity index (χ0v) is 12.1. The van der Waals surface area contributed by atoms with Crippen molar-refractivity contribution in [2.24, 2.45) is 0 Å². The van der Waals surface area contributed by atoms with Crippen LogP contribution in [0.5, 0.6) is 0 Å². The SMILES string of the molecule is C=CC[Si](C)(C)c1ccc(CO)c2ccccc12. The normalized spacial score (nSPS) is 11.7. The van der Waals surface area contributed by atoms with Crippen LogP contribution in [0.1, 0.15) is 5.56 Å². The first-order chi connectivity index (χ1) is 8.60. The predicted molar refractivity (Wildman–Crippen MR) is 82.0 cm³/mol. The summed E-state index contributed by atoms with van der Waals surface area (Å²) in [5.41, 5.74) is 1.01. The van der Waals surface area contributed by atoms with Crippen LogP contribution in [0.2, 0.25) is 19.1 Å². The summed E-state index contributed by atoms with van der Waals surface area (Å²) in [5, 5.41) is 13.4. The van der Waals surface area contributed by atoms with Crippen LogP contribution in [0.25, 0.3) is 10.8 Å². The molecule has 0 fully saturated rings. The summed E-state index contributed by atoms with van der Waals surface area (Å²) >= 11 is 0. The van der Waals surface area contributed by atoms with Gasteiger partial charge in [-0.25, -0.2) is 0 Å². The summed E-state index contributed by atoms with van der Waals surface area (Å²) in [6, 6.07) is 13.7. The third kappa shape index (κ3) is 2.26. The van der Waals surface area contributed by atoms with Gasteiger partial charge >= 0.3 is 0 Å². The number of hydrogen-bond acceptors (Lipinski definition) is 1. The van der Waals surface area contributed by atoms with Crippen molar-refractivity contribution in [1.82, 2.24) is 0 Å². The van der Waals surface area contributed by atoms with Crippen LogP contribution in [-0.2, 0) is 6.61 Å². The number of rotatable bonds is 4. The van der Waals surface area contributed by atoms with Crippen molar-refractivity contribution in [1.29, 1.82) is 0 Å². The highest BCUT2D eigenvalue weighted by Crippen LogP contribution is 2.22. The molecule has 0 amide bonds. The van der Waals surface area contributed by atoms with Gasteiger partial charge in [0.25, 0.3) is 0 Å². The lowest BCUT2D eigenvalue weighted by molar-refractivity contribution is 0.283. The lowest BCUT2D eigenvalue weighted by Gasteiger charge is -2.24. The third-order valence-electron chi connectivity index (χ3n) is 3.57. The molecular weight excluding hydrogens is 236 g/mol. The van der Waals surface area contributed by atoms with E-state index in [4.69, 9.17) is 0 Å². The van der Waals surface area contributed by atoms with E-state index in [0.717, 1.165) is 11.6 Å². The number of aliphatic hydroxyl groups excluding tert-OH is 1. The van der Waals surface area contributed by atoms with E-state index >= 15 is 0 Å². The van der Waals surface area contributed by atoms with Gasteiger partial charge in [0.1, 0.15) is 0 Å². The Morgan fingerprint density at radius 3 is 2.39 bits per heavy atom. The highest BCUT2D eigenvalue weighted by Gasteiger charge is 2.24. The molecule has 0 bridgehead atoms. The van der Waals surface area contributed by atoms with Crippen molar-refractivity contribution in [3.8, 4) is 0 Å². The Morgan fingerprint density at radius 2 is 1.78 bits per heavy atom. The Balaban J connectivity index is 2.70. The van der Waals surface area contributed by atoms with Crippen LogP contribution in [0, 0.1) is 0 Å². The van der Waals surface area contributed by atoms with Crippen LogP contribution in [0.15, 0.2) is 49.1 Å². The maximum Gasteiger partial charge on any atom is 0.0851 e. The molecule has 0 heterocycles. The van der Waals surface area contributed by atoms with E-state index in [1.54, 1.807) is 0 Å². The van der Waals surface area contributed by atoms with E-state index in [1.807, 2.05) is 12.1 Å². The molecule has 0 aromatic heterocycles. The van der Waals surface area contributed by atoms with Gasteiger partial charge in [-0.2, -0.15) is 0 Å². The fourth-order valence-electron chi connectivity index (χ4n) is 2.56. The first-order valence-electron chi connectivity index (χ1n) is 6.33. The van der Waals surface area contributed by atoms with Crippen molar-refractivity contribution >= 4 is 24.0 Å². The van der Waals surface area contributed by atoms with Crippen molar-refractivity contribution in [3.63, 3.8) is 0 Å². The average Bonchev–Trinajstić information content (AvgIpc) is 2.37. The summed E-state index contributed by atoms with van der Waals surface area (Å²) in [6.45, 7) is 8.72. The molecule has 1 nitrogen and oxygen atoms in total. The monoisotopic (exact) mass is 256 g/mol. The quantitative estimate of drug-likeness (QED) is 0.656. The molecule has 2 rings (SSSR count). The molecule has 2 aromatic rings. The van der Waals surface area contributed by atoms with Gasteiger partial charge in [0.2, 0.25) is 0 Å². The van der Waals surface area contributed by atoms with Crippen LogP contribution in [0.3, 0.4) is 0 Å². The highest BCUT2D eigenvalue weighted by atomic mass is 28.3. The number of fused-ring (bicyclic) bond motifs is 1. The molecule has 0 radical (unpaired) electrons. The molecule has 0 atom stereocenters. The molecule has 18 heavy (non-hydrogen) atoms. The first-order valence-corrected chi connectivity index (χ1v) is 9.53. The van der Waals surface area contributed by atoms with Crippen LogP contribution in [0.4, 0.5) is 0 Å². The molecule has 0 aliphatic rings. The average molecular weight is 256 g/mol. The minimum absolute atomic E-state index is 0.101. The Labute approximate surface area is 110 Å². The van der Waals surface area contributed by atoms with Crippen LogP contribution >= 0.6 is 0 Å². The second kappa shape index (κ2) is 5.08. The molecule has 1 N–H and O–H groups in total. The molecule has 0 aliphatic carbocycles. The molecule has 2 aromatic carbocycles. The zero-order valence-electron chi connectivity index (χ0n) is 11.1. The Kier molecular flexibility index (Phi) is 3.69. The molecule has 0 saturated carbocycles. The molecule has 0 aliphatic heterocycles. The van der Waals surface area contributed by atoms with Gasteiger partial charge in [0.15, 0.2) is 0 Å². The van der Waals surface area contributed by atoms with E-state index in [2.05, 4.69) is 50.0 Å². The largest absolute Gasteiger partial charge is 0.392 e. The number of aliphatic hydroxyl groups is 1. The fraction of sp³-hybridized carbons (Fsp3) is 0.250. The number of hydrogen-bond donors (Lipinski definition) is 1. The highest BCUT2D eigenvalue weighted by molar-refractivity contribution is 6.91. The molecule has 2 heteroatoms. The van der Waals surface area contributed by atoms with Crippen LogP contribution < -0.4 is 5.19 Å². The molecule has 94 valence electrons. The van der Waals surface area contributed by atoms with Crippen molar-refractivity contribution in [2.45, 2.75) is 25.7 Å². The summed E-state index contributed by atoms with van der Waals surface area (Å²) in [4.78, 5) is 0. The number of benzene rings is 2. The standard InChI is InChI=1S/C16H20OSi/c1-4-11-18(2,3)16-10-9-13(12-17)14-7-5-6-8-15(14)16/h4-10,17H,1,11-12H2,2-3H3. The molecule has 0 spiro atoms. The van der Waals surface area contributed by atoms with Gasteiger partial charge in [-0.3, -0.25) is 0 Å². The van der Waals surface area contributed by atoms with Gasteiger partial charge in [-0.1, -0.05) is 60.8 Å². The summed E-state index contributed by atoms with van der Waals surface area (Å²) in [6.07, 6.45) is 2.03. The summed E-state index contributed by atoms with van der Waals surface area (Å²) in [5.74, 6) is 0. The Hall–Kier alpha value is -1.38. The van der Waals surface area contributed by atoms with E-state index in [0.29, 0.717) is 0 Å². The van der Waals surface area contributed by atoms with E-state index < -0.39 is 8.07 Å². The van der Waals surface area contributed by atoms with Gasteiger partial charge in [-0.15, -0.1) is 6.58 Å². The smallest absolute Gasteiger partial charge is 0.0851 e. The summed E-state index contributed by atoms with van der Waals surface area (Å²) in [7, 11) is -1.48. The molecule has 0 saturated heterocycles. The fourth-order valence-corrected chi connectivity index (χ4v) is 4.98. The maximum atomic E-state index is 9.43. The van der Waals surface area contributed by atoms with Crippen molar-refractivity contribution in [2.75, 3.05) is 0 Å². The first kappa shape index (κ1) is 13.1. The second-order valence-electron chi connectivity index (χ2n) is 5.35. The zero-order chi connectivity index (χ0) is 13.2. The van der Waals surface area contributed by atoms with Gasteiger partial charge in [0, 0.05) is 0 Å². The van der Waals surface area contributed by atoms with Crippen molar-refractivity contribution in [3.05, 3.63) is 54.6 Å². The lowest BCUT2D eigenvalue weighted by Crippen LogP contribution is -2.41. The Bertz CT molecular complexity index is 572. The Morgan fingerprint density at radius 1 is 1.11 bits per heavy atom. The minimum atomic E-state index is -1.48. The van der Waals surface area contributed by atoms with Crippen molar-refractivity contribution < 1.29 is 5.11 Å². The van der Waals surface area contributed by atoms with Gasteiger partial charge in [0.05, 0.1) is 14.7 Å². The topological polar surface area (TPSA) is 20.2 Å². The van der Waals surface area contributed by atoms with E-state index in [9.17, 15) is 5.11 Å². The summed E-state index contributed by atoms with van der Waals surface area (Å²) < 4.78 is 0. The van der Waals surface area contributed by atoms with E-state index in [-0.39, 0.29) is 6.61 Å². The lowest BCUT2D eigenvalue weighted by atomic mass is 10.1. The van der Waals surface area contributed by atoms with Gasteiger partial charge in [-0.05, 0) is 22.4 Å². The van der Waals surface area contributed by atoms with Gasteiger partial charge < -0.3 is 5.11 Å². The third-order valence-corrected chi connectivity index (χ3v) is 6.77. The molecule has 0 unspecified atom stereocenters. The second-order valence-corrected chi connectivity index (χ2v) is 10.1. The molecular formula is C16H20OSi. The number of allylic oxidation sites excluding steroid dienone is 1. The minimum Gasteiger partial charge on any atom is -0.392 e. The maximum absolute atomic E-state index is 9.43.